The van der Waals surface area contributed by atoms with Crippen LogP contribution in [0.3, 0.4) is 0 Å². The van der Waals surface area contributed by atoms with Crippen molar-refractivity contribution in [3.8, 4) is 5.75 Å². The maximum Gasteiger partial charge on any atom is 0.238 e. The third kappa shape index (κ3) is 4.28. The average molecular weight is 380 g/mol. The van der Waals surface area contributed by atoms with E-state index < -0.39 is 0 Å². The molecule has 3 N–H and O–H groups in total. The van der Waals surface area contributed by atoms with Gasteiger partial charge in [0.2, 0.25) is 5.91 Å². The molecule has 2 heterocycles. The van der Waals surface area contributed by atoms with Crippen LogP contribution in [-0.4, -0.2) is 35.6 Å². The summed E-state index contributed by atoms with van der Waals surface area (Å²) in [7, 11) is 0. The molecule has 0 spiro atoms. The highest BCUT2D eigenvalue weighted by Gasteiger charge is 2.22. The third-order valence-electron chi connectivity index (χ3n) is 5.70. The zero-order valence-electron chi connectivity index (χ0n) is 16.2. The lowest BCUT2D eigenvalue weighted by Crippen LogP contribution is -2.33. The number of fused-ring (bicyclic) bond motifs is 1. The van der Waals surface area contributed by atoms with Crippen molar-refractivity contribution in [2.24, 2.45) is 0 Å². The first kappa shape index (κ1) is 18.7. The highest BCUT2D eigenvalue weighted by atomic mass is 16.3. The molecule has 2 aromatic rings. The van der Waals surface area contributed by atoms with Crippen molar-refractivity contribution in [3.63, 3.8) is 0 Å². The van der Waals surface area contributed by atoms with Gasteiger partial charge in [-0.15, -0.1) is 0 Å². The number of carbonyl (C=O) groups is 1. The lowest BCUT2D eigenvalue weighted by atomic mass is 9.87. The highest BCUT2D eigenvalue weighted by molar-refractivity contribution is 5.92. The summed E-state index contributed by atoms with van der Waals surface area (Å²) in [6.07, 6.45) is 8.32. The van der Waals surface area contributed by atoms with Crippen LogP contribution in [0.2, 0.25) is 0 Å². The lowest BCUT2D eigenvalue weighted by molar-refractivity contribution is -0.115. The minimum Gasteiger partial charge on any atom is -0.508 e. The Morgan fingerprint density at radius 2 is 2.00 bits per heavy atom. The molecular weight excluding hydrogens is 352 g/mol. The fourth-order valence-electron chi connectivity index (χ4n) is 4.23. The van der Waals surface area contributed by atoms with E-state index in [1.165, 1.54) is 19.3 Å². The molecule has 2 aliphatic rings. The summed E-state index contributed by atoms with van der Waals surface area (Å²) in [5.41, 5.74) is 2.82. The van der Waals surface area contributed by atoms with Crippen LogP contribution in [0.5, 0.6) is 5.75 Å². The van der Waals surface area contributed by atoms with Gasteiger partial charge < -0.3 is 20.6 Å². The minimum absolute atomic E-state index is 0.0835. The predicted octanol–water partition coefficient (Wildman–Crippen LogP) is 3.38. The zero-order chi connectivity index (χ0) is 19.3. The summed E-state index contributed by atoms with van der Waals surface area (Å²) in [5, 5.41) is 16.3. The molecule has 1 fully saturated rings. The van der Waals surface area contributed by atoms with Crippen LogP contribution < -0.4 is 15.5 Å². The minimum atomic E-state index is -0.0835. The SMILES string of the molecule is O=C(CNC1CCCc2c(O)cccc21)Nc1ccc(N2CCCCC2)nc1. The number of amides is 1. The summed E-state index contributed by atoms with van der Waals surface area (Å²) in [5.74, 6) is 1.25. The molecule has 1 unspecified atom stereocenters. The molecule has 0 radical (unpaired) electrons. The summed E-state index contributed by atoms with van der Waals surface area (Å²) < 4.78 is 0. The van der Waals surface area contributed by atoms with Gasteiger partial charge in [0.1, 0.15) is 11.6 Å². The lowest BCUT2D eigenvalue weighted by Gasteiger charge is -2.27. The number of piperidine rings is 1. The van der Waals surface area contributed by atoms with Crippen molar-refractivity contribution in [3.05, 3.63) is 47.7 Å². The maximum atomic E-state index is 12.4. The third-order valence-corrected chi connectivity index (χ3v) is 5.70. The Morgan fingerprint density at radius 3 is 2.79 bits per heavy atom. The molecule has 1 aromatic heterocycles. The number of carbonyl (C=O) groups excluding carboxylic acids is 1. The van der Waals surface area contributed by atoms with Gasteiger partial charge in [-0.25, -0.2) is 4.98 Å². The smallest absolute Gasteiger partial charge is 0.238 e. The highest BCUT2D eigenvalue weighted by Crippen LogP contribution is 2.34. The Hall–Kier alpha value is -2.60. The number of rotatable bonds is 5. The monoisotopic (exact) mass is 380 g/mol. The molecule has 6 heteroatoms. The Kier molecular flexibility index (Phi) is 5.76. The molecular formula is C22H28N4O2. The molecule has 0 bridgehead atoms. The molecule has 0 saturated carbocycles. The van der Waals surface area contributed by atoms with E-state index in [-0.39, 0.29) is 18.5 Å². The van der Waals surface area contributed by atoms with Crippen LogP contribution in [0.1, 0.15) is 49.3 Å². The molecule has 1 amide bonds. The van der Waals surface area contributed by atoms with E-state index in [4.69, 9.17) is 0 Å². The molecule has 1 aromatic carbocycles. The van der Waals surface area contributed by atoms with Gasteiger partial charge >= 0.3 is 0 Å². The number of nitrogens with zero attached hydrogens (tertiary/aromatic N) is 2. The van der Waals surface area contributed by atoms with Crippen LogP contribution in [0.15, 0.2) is 36.5 Å². The fraction of sp³-hybridized carbons (Fsp3) is 0.455. The standard InChI is InChI=1S/C22H28N4O2/c27-20-9-5-6-17-18(20)7-4-8-19(17)23-15-22(28)25-16-10-11-21(24-14-16)26-12-2-1-3-13-26/h5-6,9-11,14,19,23,27H,1-4,7-8,12-13,15H2,(H,25,28). The molecule has 28 heavy (non-hydrogen) atoms. The number of hydrogen-bond donors (Lipinski definition) is 3. The first-order valence-electron chi connectivity index (χ1n) is 10.3. The second-order valence-corrected chi connectivity index (χ2v) is 7.67. The average Bonchev–Trinajstić information content (AvgIpc) is 2.74. The molecule has 1 saturated heterocycles. The van der Waals surface area contributed by atoms with Gasteiger partial charge in [0, 0.05) is 19.1 Å². The molecule has 148 valence electrons. The van der Waals surface area contributed by atoms with Gasteiger partial charge in [-0.2, -0.15) is 0 Å². The number of phenolic OH excluding ortho intramolecular Hbond substituents is 1. The van der Waals surface area contributed by atoms with Gasteiger partial charge in [-0.1, -0.05) is 12.1 Å². The van der Waals surface area contributed by atoms with Crippen LogP contribution in [-0.2, 0) is 11.2 Å². The van der Waals surface area contributed by atoms with Crippen molar-refractivity contribution in [2.75, 3.05) is 29.9 Å². The second-order valence-electron chi connectivity index (χ2n) is 7.67. The van der Waals surface area contributed by atoms with Crippen molar-refractivity contribution >= 4 is 17.4 Å². The van der Waals surface area contributed by atoms with Gasteiger partial charge in [0.25, 0.3) is 0 Å². The summed E-state index contributed by atoms with van der Waals surface area (Å²) in [6.45, 7) is 2.34. The number of benzene rings is 1. The van der Waals surface area contributed by atoms with Crippen molar-refractivity contribution in [1.29, 1.82) is 0 Å². The van der Waals surface area contributed by atoms with E-state index in [0.717, 1.165) is 49.3 Å². The summed E-state index contributed by atoms with van der Waals surface area (Å²) in [6, 6.07) is 9.63. The van der Waals surface area contributed by atoms with E-state index in [2.05, 4.69) is 20.5 Å². The molecule has 1 aliphatic heterocycles. The van der Waals surface area contributed by atoms with Gasteiger partial charge in [-0.3, -0.25) is 4.79 Å². The van der Waals surface area contributed by atoms with Gasteiger partial charge in [0.15, 0.2) is 0 Å². The summed E-state index contributed by atoms with van der Waals surface area (Å²) >= 11 is 0. The van der Waals surface area contributed by atoms with E-state index in [9.17, 15) is 9.90 Å². The number of pyridine rings is 1. The Labute approximate surface area is 166 Å². The number of anilines is 2. The first-order valence-corrected chi connectivity index (χ1v) is 10.3. The van der Waals surface area contributed by atoms with E-state index >= 15 is 0 Å². The Morgan fingerprint density at radius 1 is 1.14 bits per heavy atom. The normalized spacial score (nSPS) is 19.1. The fourth-order valence-corrected chi connectivity index (χ4v) is 4.23. The maximum absolute atomic E-state index is 12.4. The van der Waals surface area contributed by atoms with E-state index in [0.29, 0.717) is 11.4 Å². The molecule has 1 atom stereocenters. The van der Waals surface area contributed by atoms with Gasteiger partial charge in [-0.05, 0) is 67.9 Å². The van der Waals surface area contributed by atoms with Crippen molar-refractivity contribution in [2.45, 2.75) is 44.6 Å². The number of nitrogens with one attached hydrogen (secondary N) is 2. The van der Waals surface area contributed by atoms with E-state index in [1.54, 1.807) is 12.3 Å². The number of aromatic hydroxyl groups is 1. The van der Waals surface area contributed by atoms with Crippen LogP contribution >= 0.6 is 0 Å². The van der Waals surface area contributed by atoms with Gasteiger partial charge in [0.05, 0.1) is 18.4 Å². The Balaban J connectivity index is 1.31. The zero-order valence-corrected chi connectivity index (χ0v) is 16.2. The predicted molar refractivity (Wildman–Crippen MR) is 111 cm³/mol. The van der Waals surface area contributed by atoms with Crippen molar-refractivity contribution < 1.29 is 9.90 Å². The van der Waals surface area contributed by atoms with Crippen LogP contribution in [0.25, 0.3) is 0 Å². The second kappa shape index (κ2) is 8.61. The number of aromatic nitrogens is 1. The largest absolute Gasteiger partial charge is 0.508 e. The molecule has 1 aliphatic carbocycles. The Bertz CT molecular complexity index is 816. The first-order chi connectivity index (χ1) is 13.7. The molecule has 6 nitrogen and oxygen atoms in total. The van der Waals surface area contributed by atoms with Crippen molar-refractivity contribution in [1.82, 2.24) is 10.3 Å². The number of hydrogen-bond acceptors (Lipinski definition) is 5. The topological polar surface area (TPSA) is 77.5 Å². The number of phenols is 1. The van der Waals surface area contributed by atoms with Crippen LogP contribution in [0, 0.1) is 0 Å². The van der Waals surface area contributed by atoms with Crippen LogP contribution in [0.4, 0.5) is 11.5 Å². The quantitative estimate of drug-likeness (QED) is 0.741. The summed E-state index contributed by atoms with van der Waals surface area (Å²) in [4.78, 5) is 19.2. The van der Waals surface area contributed by atoms with E-state index in [1.807, 2.05) is 24.3 Å². The molecule has 4 rings (SSSR count).